The Hall–Kier alpha value is -2.17. The molecule has 1 aromatic heterocycles. The van der Waals surface area contributed by atoms with Gasteiger partial charge in [0.05, 0.1) is 6.04 Å². The summed E-state index contributed by atoms with van der Waals surface area (Å²) in [6.07, 6.45) is 2.33. The van der Waals surface area contributed by atoms with Gasteiger partial charge in [-0.25, -0.2) is 14.4 Å². The van der Waals surface area contributed by atoms with E-state index in [0.29, 0.717) is 0 Å². The van der Waals surface area contributed by atoms with E-state index in [4.69, 9.17) is 0 Å². The molecule has 20 heavy (non-hydrogen) atoms. The van der Waals surface area contributed by atoms with E-state index in [-0.39, 0.29) is 11.9 Å². The number of rotatable bonds is 5. The van der Waals surface area contributed by atoms with Crippen LogP contribution in [0.15, 0.2) is 30.6 Å². The van der Waals surface area contributed by atoms with Crippen molar-refractivity contribution in [2.24, 2.45) is 0 Å². The summed E-state index contributed by atoms with van der Waals surface area (Å²) in [5, 5.41) is 6.38. The first-order valence-corrected chi connectivity index (χ1v) is 6.69. The van der Waals surface area contributed by atoms with Crippen LogP contribution in [-0.2, 0) is 6.42 Å². The molecule has 0 aliphatic rings. The van der Waals surface area contributed by atoms with Gasteiger partial charge in [0.25, 0.3) is 0 Å². The van der Waals surface area contributed by atoms with Gasteiger partial charge in [0, 0.05) is 12.6 Å². The zero-order chi connectivity index (χ0) is 14.5. The third-order valence-corrected chi connectivity index (χ3v) is 3.24. The Bertz CT molecular complexity index is 586. The van der Waals surface area contributed by atoms with Crippen molar-refractivity contribution in [3.63, 3.8) is 0 Å². The minimum Gasteiger partial charge on any atom is -0.373 e. The second kappa shape index (κ2) is 6.32. The number of hydrogen-bond acceptors (Lipinski definition) is 4. The number of nitrogens with one attached hydrogen (secondary N) is 2. The molecular weight excluding hydrogens is 255 g/mol. The van der Waals surface area contributed by atoms with E-state index in [9.17, 15) is 4.39 Å². The highest BCUT2D eigenvalue weighted by Gasteiger charge is 2.12. The van der Waals surface area contributed by atoms with Crippen LogP contribution in [0.4, 0.5) is 16.0 Å². The van der Waals surface area contributed by atoms with Crippen molar-refractivity contribution in [2.75, 3.05) is 17.7 Å². The predicted octanol–water partition coefficient (Wildman–Crippen LogP) is 3.39. The fourth-order valence-electron chi connectivity index (χ4n) is 2.15. The van der Waals surface area contributed by atoms with Crippen LogP contribution in [0, 0.1) is 5.82 Å². The van der Waals surface area contributed by atoms with Gasteiger partial charge in [0.1, 0.15) is 23.8 Å². The van der Waals surface area contributed by atoms with Gasteiger partial charge in [0.15, 0.2) is 0 Å². The quantitative estimate of drug-likeness (QED) is 0.877. The van der Waals surface area contributed by atoms with E-state index >= 15 is 0 Å². The van der Waals surface area contributed by atoms with Gasteiger partial charge in [-0.15, -0.1) is 0 Å². The van der Waals surface area contributed by atoms with E-state index in [1.165, 1.54) is 18.5 Å². The number of hydrogen-bond donors (Lipinski definition) is 2. The maximum absolute atomic E-state index is 13.3. The summed E-state index contributed by atoms with van der Waals surface area (Å²) in [6, 6.07) is 6.55. The number of aromatic nitrogens is 2. The van der Waals surface area contributed by atoms with Crippen molar-refractivity contribution < 1.29 is 4.39 Å². The first kappa shape index (κ1) is 14.2. The second-order valence-corrected chi connectivity index (χ2v) is 4.57. The van der Waals surface area contributed by atoms with Gasteiger partial charge in [-0.1, -0.05) is 19.1 Å². The molecule has 0 fully saturated rings. The van der Waals surface area contributed by atoms with E-state index < -0.39 is 0 Å². The molecule has 2 aromatic rings. The number of anilines is 2. The van der Waals surface area contributed by atoms with E-state index in [1.807, 2.05) is 20.0 Å². The van der Waals surface area contributed by atoms with Crippen molar-refractivity contribution >= 4 is 11.6 Å². The van der Waals surface area contributed by atoms with Crippen LogP contribution in [0.5, 0.6) is 0 Å². The molecule has 1 atom stereocenters. The molecule has 0 bridgehead atoms. The van der Waals surface area contributed by atoms with Crippen molar-refractivity contribution in [1.29, 1.82) is 0 Å². The number of nitrogens with zero attached hydrogens (tertiary/aromatic N) is 2. The molecule has 2 rings (SSSR count). The van der Waals surface area contributed by atoms with Crippen LogP contribution in [-0.4, -0.2) is 17.0 Å². The SMILES string of the molecule is CCc1c(NC)ncnc1NC(C)c1cccc(F)c1. The third kappa shape index (κ3) is 3.04. The Balaban J connectivity index is 2.25. The van der Waals surface area contributed by atoms with Crippen LogP contribution < -0.4 is 10.6 Å². The second-order valence-electron chi connectivity index (χ2n) is 4.57. The molecule has 0 saturated carbocycles. The normalized spacial score (nSPS) is 12.0. The first-order valence-electron chi connectivity index (χ1n) is 6.69. The Morgan fingerprint density at radius 1 is 1.25 bits per heavy atom. The molecule has 0 amide bonds. The Morgan fingerprint density at radius 3 is 2.65 bits per heavy atom. The summed E-state index contributed by atoms with van der Waals surface area (Å²) in [5.74, 6) is 1.37. The highest BCUT2D eigenvalue weighted by atomic mass is 19.1. The van der Waals surface area contributed by atoms with Crippen molar-refractivity contribution in [3.05, 3.63) is 47.5 Å². The van der Waals surface area contributed by atoms with E-state index in [2.05, 4.69) is 27.5 Å². The monoisotopic (exact) mass is 274 g/mol. The molecule has 106 valence electrons. The lowest BCUT2D eigenvalue weighted by atomic mass is 10.1. The van der Waals surface area contributed by atoms with Gasteiger partial charge in [0.2, 0.25) is 0 Å². The molecule has 0 aliphatic carbocycles. The third-order valence-electron chi connectivity index (χ3n) is 3.24. The van der Waals surface area contributed by atoms with E-state index in [0.717, 1.165) is 29.2 Å². The zero-order valence-corrected chi connectivity index (χ0v) is 11.9. The minimum atomic E-state index is -0.231. The molecule has 0 saturated heterocycles. The molecule has 1 aromatic carbocycles. The fraction of sp³-hybridized carbons (Fsp3) is 0.333. The Labute approximate surface area is 118 Å². The van der Waals surface area contributed by atoms with Gasteiger partial charge in [-0.3, -0.25) is 0 Å². The molecule has 5 heteroatoms. The van der Waals surface area contributed by atoms with Crippen molar-refractivity contribution in [1.82, 2.24) is 9.97 Å². The van der Waals surface area contributed by atoms with Crippen LogP contribution in [0.25, 0.3) is 0 Å². The summed E-state index contributed by atoms with van der Waals surface area (Å²) in [7, 11) is 1.83. The van der Waals surface area contributed by atoms with Gasteiger partial charge in [-0.05, 0) is 31.0 Å². The van der Waals surface area contributed by atoms with Crippen LogP contribution in [0.3, 0.4) is 0 Å². The molecule has 0 radical (unpaired) electrons. The summed E-state index contributed by atoms with van der Waals surface area (Å²) in [4.78, 5) is 8.49. The van der Waals surface area contributed by atoms with Gasteiger partial charge >= 0.3 is 0 Å². The summed E-state index contributed by atoms with van der Waals surface area (Å²) in [6.45, 7) is 4.03. The van der Waals surface area contributed by atoms with Crippen molar-refractivity contribution in [3.8, 4) is 0 Å². The van der Waals surface area contributed by atoms with Gasteiger partial charge in [-0.2, -0.15) is 0 Å². The molecular formula is C15H19FN4. The standard InChI is InChI=1S/C15H19FN4/c1-4-13-14(17-3)18-9-19-15(13)20-10(2)11-6-5-7-12(16)8-11/h5-10H,4H2,1-3H3,(H2,17,18,19,20). The molecule has 4 nitrogen and oxygen atoms in total. The largest absolute Gasteiger partial charge is 0.373 e. The van der Waals surface area contributed by atoms with Crippen LogP contribution in [0.1, 0.15) is 31.0 Å². The zero-order valence-electron chi connectivity index (χ0n) is 11.9. The highest BCUT2D eigenvalue weighted by Crippen LogP contribution is 2.24. The molecule has 1 unspecified atom stereocenters. The fourth-order valence-corrected chi connectivity index (χ4v) is 2.15. The molecule has 1 heterocycles. The maximum atomic E-state index is 13.3. The Kier molecular flexibility index (Phi) is 4.50. The maximum Gasteiger partial charge on any atom is 0.135 e. The minimum absolute atomic E-state index is 0.0318. The first-order chi connectivity index (χ1) is 9.65. The average Bonchev–Trinajstić information content (AvgIpc) is 2.46. The summed E-state index contributed by atoms with van der Waals surface area (Å²) >= 11 is 0. The van der Waals surface area contributed by atoms with Gasteiger partial charge < -0.3 is 10.6 Å². The van der Waals surface area contributed by atoms with Crippen LogP contribution in [0.2, 0.25) is 0 Å². The lowest BCUT2D eigenvalue weighted by molar-refractivity contribution is 0.623. The summed E-state index contributed by atoms with van der Waals surface area (Å²) < 4.78 is 13.3. The van der Waals surface area contributed by atoms with Crippen molar-refractivity contribution in [2.45, 2.75) is 26.3 Å². The molecule has 0 aliphatic heterocycles. The Morgan fingerprint density at radius 2 is 2.00 bits per heavy atom. The number of benzene rings is 1. The van der Waals surface area contributed by atoms with Crippen LogP contribution >= 0.6 is 0 Å². The average molecular weight is 274 g/mol. The topological polar surface area (TPSA) is 49.8 Å². The summed E-state index contributed by atoms with van der Waals surface area (Å²) in [5.41, 5.74) is 1.91. The lowest BCUT2D eigenvalue weighted by Gasteiger charge is -2.18. The molecule has 0 spiro atoms. The number of halogens is 1. The smallest absolute Gasteiger partial charge is 0.135 e. The highest BCUT2D eigenvalue weighted by molar-refractivity contribution is 5.57. The van der Waals surface area contributed by atoms with E-state index in [1.54, 1.807) is 6.07 Å². The lowest BCUT2D eigenvalue weighted by Crippen LogP contribution is -2.12. The molecule has 2 N–H and O–H groups in total. The predicted molar refractivity (Wildman–Crippen MR) is 79.4 cm³/mol.